The van der Waals surface area contributed by atoms with Crippen molar-refractivity contribution >= 4 is 17.6 Å². The molecular formula is C14H10N2O3. The van der Waals surface area contributed by atoms with Gasteiger partial charge in [-0.25, -0.2) is 0 Å². The summed E-state index contributed by atoms with van der Waals surface area (Å²) < 4.78 is 0. The average Bonchev–Trinajstić information content (AvgIpc) is 3.14. The summed E-state index contributed by atoms with van der Waals surface area (Å²) in [6.45, 7) is 0. The Morgan fingerprint density at radius 1 is 1.26 bits per heavy atom. The van der Waals surface area contributed by atoms with Crippen molar-refractivity contribution in [2.24, 2.45) is 17.8 Å². The van der Waals surface area contributed by atoms with Gasteiger partial charge >= 0.3 is 0 Å². The van der Waals surface area contributed by atoms with Crippen LogP contribution in [0.4, 0.5) is 0 Å². The van der Waals surface area contributed by atoms with Gasteiger partial charge in [-0.3, -0.25) is 19.3 Å². The molecule has 0 aromatic heterocycles. The SMILES string of the molecule is CN1C(=O)[C@@H]2C(C(=O)c3cccc(C#N)c3)[C@@H]2C1=O. The van der Waals surface area contributed by atoms with Crippen molar-refractivity contribution in [1.82, 2.24) is 4.90 Å². The van der Waals surface area contributed by atoms with Crippen molar-refractivity contribution in [3.05, 3.63) is 35.4 Å². The van der Waals surface area contributed by atoms with Gasteiger partial charge in [-0.15, -0.1) is 0 Å². The topological polar surface area (TPSA) is 78.2 Å². The molecule has 0 bridgehead atoms. The Morgan fingerprint density at radius 3 is 2.47 bits per heavy atom. The lowest BCUT2D eigenvalue weighted by Crippen LogP contribution is -2.32. The number of Topliss-reactive ketones (excluding diaryl/α,β-unsaturated/α-hetero) is 1. The molecule has 1 heterocycles. The molecule has 0 radical (unpaired) electrons. The van der Waals surface area contributed by atoms with Crippen LogP contribution in [-0.2, 0) is 9.59 Å². The molecule has 0 spiro atoms. The lowest BCUT2D eigenvalue weighted by atomic mass is 10.0. The highest BCUT2D eigenvalue weighted by Gasteiger charge is 2.69. The highest BCUT2D eigenvalue weighted by atomic mass is 16.2. The predicted molar refractivity (Wildman–Crippen MR) is 63.7 cm³/mol. The third-order valence-electron chi connectivity index (χ3n) is 3.83. The standard InChI is InChI=1S/C14H10N2O3/c1-16-13(18)10-9(11(10)14(16)19)12(17)8-4-2-3-7(5-8)6-15/h2-5,9-11H,1H3/t9?,10-,11+. The first kappa shape index (κ1) is 11.6. The second-order valence-corrected chi connectivity index (χ2v) is 4.87. The van der Waals surface area contributed by atoms with Crippen molar-refractivity contribution < 1.29 is 14.4 Å². The molecule has 1 aromatic rings. The first-order valence-electron chi connectivity index (χ1n) is 5.92. The summed E-state index contributed by atoms with van der Waals surface area (Å²) in [5.74, 6) is -2.28. The van der Waals surface area contributed by atoms with E-state index in [-0.39, 0.29) is 17.6 Å². The molecule has 5 nitrogen and oxygen atoms in total. The zero-order valence-electron chi connectivity index (χ0n) is 10.2. The quantitative estimate of drug-likeness (QED) is 0.572. The zero-order chi connectivity index (χ0) is 13.7. The van der Waals surface area contributed by atoms with E-state index in [0.717, 1.165) is 4.90 Å². The molecule has 0 N–H and O–H groups in total. The average molecular weight is 254 g/mol. The van der Waals surface area contributed by atoms with Crippen LogP contribution in [0, 0.1) is 29.1 Å². The third-order valence-corrected chi connectivity index (χ3v) is 3.83. The number of rotatable bonds is 2. The first-order chi connectivity index (χ1) is 9.06. The number of fused-ring (bicyclic) bond motifs is 1. The molecule has 2 amide bonds. The fourth-order valence-corrected chi connectivity index (χ4v) is 2.74. The third kappa shape index (κ3) is 1.50. The maximum absolute atomic E-state index is 12.3. The van der Waals surface area contributed by atoms with E-state index >= 15 is 0 Å². The van der Waals surface area contributed by atoms with E-state index in [1.807, 2.05) is 6.07 Å². The Hall–Kier alpha value is -2.48. The number of imide groups is 1. The van der Waals surface area contributed by atoms with E-state index in [0.29, 0.717) is 11.1 Å². The lowest BCUT2D eigenvalue weighted by molar-refractivity contribution is -0.140. The van der Waals surface area contributed by atoms with E-state index in [1.54, 1.807) is 18.2 Å². The number of carbonyl (C=O) groups excluding carboxylic acids is 3. The van der Waals surface area contributed by atoms with E-state index in [1.165, 1.54) is 13.1 Å². The highest BCUT2D eigenvalue weighted by molar-refractivity contribution is 6.16. The molecule has 1 saturated carbocycles. The molecule has 3 atom stereocenters. The van der Waals surface area contributed by atoms with Gasteiger partial charge in [0, 0.05) is 18.5 Å². The van der Waals surface area contributed by atoms with E-state index in [9.17, 15) is 14.4 Å². The number of ketones is 1. The molecular weight excluding hydrogens is 244 g/mol. The number of piperidine rings is 1. The minimum atomic E-state index is -0.537. The van der Waals surface area contributed by atoms with Crippen LogP contribution >= 0.6 is 0 Å². The van der Waals surface area contributed by atoms with Crippen LogP contribution in [-0.4, -0.2) is 29.5 Å². The first-order valence-corrected chi connectivity index (χ1v) is 5.92. The van der Waals surface area contributed by atoms with Crippen LogP contribution in [0.2, 0.25) is 0 Å². The van der Waals surface area contributed by atoms with Gasteiger partial charge in [0.05, 0.1) is 23.5 Å². The van der Waals surface area contributed by atoms with E-state index < -0.39 is 17.8 Å². The molecule has 1 aromatic carbocycles. The number of nitriles is 1. The monoisotopic (exact) mass is 254 g/mol. The predicted octanol–water partition coefficient (Wildman–Crippen LogP) is 0.602. The van der Waals surface area contributed by atoms with Crippen LogP contribution in [0.3, 0.4) is 0 Å². The van der Waals surface area contributed by atoms with Gasteiger partial charge in [0.15, 0.2) is 5.78 Å². The molecule has 94 valence electrons. The number of benzene rings is 1. The summed E-state index contributed by atoms with van der Waals surface area (Å²) in [6.07, 6.45) is 0. The van der Waals surface area contributed by atoms with E-state index in [2.05, 4.69) is 0 Å². The highest BCUT2D eigenvalue weighted by Crippen LogP contribution is 2.54. The number of likely N-dealkylation sites (tertiary alicyclic amines) is 1. The van der Waals surface area contributed by atoms with Crippen molar-refractivity contribution in [2.75, 3.05) is 7.05 Å². The minimum Gasteiger partial charge on any atom is -0.294 e. The smallest absolute Gasteiger partial charge is 0.233 e. The molecule has 5 heteroatoms. The molecule has 2 aliphatic rings. The second-order valence-electron chi connectivity index (χ2n) is 4.87. The number of amides is 2. The largest absolute Gasteiger partial charge is 0.294 e. The fourth-order valence-electron chi connectivity index (χ4n) is 2.74. The van der Waals surface area contributed by atoms with Gasteiger partial charge in [-0.05, 0) is 12.1 Å². The Kier molecular flexibility index (Phi) is 2.29. The molecule has 1 aliphatic carbocycles. The Labute approximate surface area is 109 Å². The van der Waals surface area contributed by atoms with Crippen molar-refractivity contribution in [3.63, 3.8) is 0 Å². The number of carbonyl (C=O) groups is 3. The number of hydrogen-bond acceptors (Lipinski definition) is 4. The van der Waals surface area contributed by atoms with Gasteiger partial charge < -0.3 is 0 Å². The zero-order valence-corrected chi connectivity index (χ0v) is 10.2. The van der Waals surface area contributed by atoms with Gasteiger partial charge in [-0.2, -0.15) is 5.26 Å². The molecule has 1 unspecified atom stereocenters. The Morgan fingerprint density at radius 2 is 1.89 bits per heavy atom. The summed E-state index contributed by atoms with van der Waals surface area (Å²) in [4.78, 5) is 36.8. The van der Waals surface area contributed by atoms with Crippen LogP contribution in [0.25, 0.3) is 0 Å². The fraction of sp³-hybridized carbons (Fsp3) is 0.286. The normalized spacial score (nSPS) is 28.0. The van der Waals surface area contributed by atoms with Gasteiger partial charge in [0.25, 0.3) is 0 Å². The second kappa shape index (κ2) is 3.75. The summed E-state index contributed by atoms with van der Waals surface area (Å²) in [7, 11) is 1.44. The maximum atomic E-state index is 12.3. The lowest BCUT2D eigenvalue weighted by Gasteiger charge is -2.11. The summed E-state index contributed by atoms with van der Waals surface area (Å²) in [5, 5.41) is 8.80. The molecule has 1 aliphatic heterocycles. The van der Waals surface area contributed by atoms with Crippen LogP contribution in [0.1, 0.15) is 15.9 Å². The minimum absolute atomic E-state index is 0.220. The Bertz CT molecular complexity index is 637. The number of nitrogens with zero attached hydrogens (tertiary/aromatic N) is 2. The van der Waals surface area contributed by atoms with Crippen LogP contribution in [0.15, 0.2) is 24.3 Å². The summed E-state index contributed by atoms with van der Waals surface area (Å²) in [6, 6.07) is 8.29. The van der Waals surface area contributed by atoms with Crippen LogP contribution < -0.4 is 0 Å². The molecule has 3 rings (SSSR count). The Balaban J connectivity index is 1.87. The van der Waals surface area contributed by atoms with Crippen molar-refractivity contribution in [2.45, 2.75) is 0 Å². The van der Waals surface area contributed by atoms with E-state index in [4.69, 9.17) is 5.26 Å². The molecule has 1 saturated heterocycles. The number of hydrogen-bond donors (Lipinski definition) is 0. The summed E-state index contributed by atoms with van der Waals surface area (Å²) in [5.41, 5.74) is 0.785. The van der Waals surface area contributed by atoms with Gasteiger partial charge in [0.1, 0.15) is 0 Å². The summed E-state index contributed by atoms with van der Waals surface area (Å²) >= 11 is 0. The van der Waals surface area contributed by atoms with Crippen molar-refractivity contribution in [3.8, 4) is 6.07 Å². The molecule has 2 fully saturated rings. The van der Waals surface area contributed by atoms with Gasteiger partial charge in [-0.1, -0.05) is 12.1 Å². The van der Waals surface area contributed by atoms with Crippen LogP contribution in [0.5, 0.6) is 0 Å². The van der Waals surface area contributed by atoms with Gasteiger partial charge in [0.2, 0.25) is 11.8 Å². The van der Waals surface area contributed by atoms with Crippen molar-refractivity contribution in [1.29, 1.82) is 5.26 Å². The molecule has 19 heavy (non-hydrogen) atoms. The maximum Gasteiger partial charge on any atom is 0.233 e.